The molecule has 1 fully saturated rings. The van der Waals surface area contributed by atoms with Gasteiger partial charge in [-0.1, -0.05) is 42.5 Å². The number of benzene rings is 3. The van der Waals surface area contributed by atoms with Crippen LogP contribution in [-0.2, 0) is 21.2 Å². The van der Waals surface area contributed by atoms with E-state index in [0.29, 0.717) is 17.1 Å². The second-order valence-corrected chi connectivity index (χ2v) is 11.0. The zero-order chi connectivity index (χ0) is 25.0. The minimum absolute atomic E-state index is 0.170. The van der Waals surface area contributed by atoms with Gasteiger partial charge in [-0.2, -0.15) is 0 Å². The molecule has 1 amide bonds. The third-order valence-electron chi connectivity index (χ3n) is 6.76. The fourth-order valence-electron chi connectivity index (χ4n) is 5.02. The number of anilines is 2. The first-order chi connectivity index (χ1) is 17.5. The second-order valence-electron chi connectivity index (χ2n) is 9.29. The fraction of sp³-hybridized carbons (Fsp3) is 0.321. The number of rotatable bonds is 8. The molecule has 5 rings (SSSR count). The topological polar surface area (TPSA) is 87.7 Å². The maximum atomic E-state index is 13.8. The first-order valence-electron chi connectivity index (χ1n) is 12.5. The van der Waals surface area contributed by atoms with Gasteiger partial charge in [0, 0.05) is 24.8 Å². The molecule has 1 saturated heterocycles. The molecule has 2 N–H and O–H groups in total. The van der Waals surface area contributed by atoms with E-state index in [2.05, 4.69) is 21.0 Å². The van der Waals surface area contributed by atoms with Crippen LogP contribution in [0.15, 0.2) is 77.7 Å². The Kier molecular flexibility index (Phi) is 7.25. The highest BCUT2D eigenvalue weighted by Crippen LogP contribution is 2.35. The summed E-state index contributed by atoms with van der Waals surface area (Å²) in [6.45, 7) is 1.45. The number of carbonyl (C=O) groups excluding carboxylic acids is 1. The van der Waals surface area contributed by atoms with Crippen molar-refractivity contribution in [2.75, 3.05) is 29.9 Å². The number of hydrogen-bond acceptors (Lipinski definition) is 5. The molecule has 0 unspecified atom stereocenters. The van der Waals surface area contributed by atoms with Gasteiger partial charge in [-0.3, -0.25) is 4.79 Å². The molecule has 1 aliphatic heterocycles. The predicted octanol–water partition coefficient (Wildman–Crippen LogP) is 4.66. The molecule has 0 spiro atoms. The minimum atomic E-state index is -3.86. The van der Waals surface area contributed by atoms with E-state index in [9.17, 15) is 13.2 Å². The number of ether oxygens (including phenoxy) is 1. The zero-order valence-corrected chi connectivity index (χ0v) is 21.0. The van der Waals surface area contributed by atoms with Gasteiger partial charge in [0.05, 0.1) is 5.69 Å². The van der Waals surface area contributed by atoms with Gasteiger partial charge < -0.3 is 15.0 Å². The Morgan fingerprint density at radius 1 is 0.944 bits per heavy atom. The summed E-state index contributed by atoms with van der Waals surface area (Å²) in [6, 6.07) is 21.9. The van der Waals surface area contributed by atoms with Gasteiger partial charge in [0.1, 0.15) is 10.6 Å². The Morgan fingerprint density at radius 3 is 2.50 bits per heavy atom. The summed E-state index contributed by atoms with van der Waals surface area (Å²) < 4.78 is 36.0. The average Bonchev–Trinajstić information content (AvgIpc) is 3.43. The smallest absolute Gasteiger partial charge is 0.262 e. The minimum Gasteiger partial charge on any atom is -0.484 e. The van der Waals surface area contributed by atoms with Crippen molar-refractivity contribution in [3.05, 3.63) is 83.9 Å². The molecule has 188 valence electrons. The molecule has 1 heterocycles. The Hall–Kier alpha value is -3.36. The summed E-state index contributed by atoms with van der Waals surface area (Å²) in [7, 11) is -3.86. The van der Waals surface area contributed by atoms with Crippen LogP contribution in [0.2, 0.25) is 0 Å². The van der Waals surface area contributed by atoms with Crippen molar-refractivity contribution < 1.29 is 17.9 Å². The van der Waals surface area contributed by atoms with Crippen LogP contribution in [0.4, 0.5) is 11.4 Å². The van der Waals surface area contributed by atoms with Crippen LogP contribution in [-0.4, -0.2) is 34.0 Å². The van der Waals surface area contributed by atoms with E-state index in [1.54, 1.807) is 30.3 Å². The summed E-state index contributed by atoms with van der Waals surface area (Å²) in [6.07, 6.45) is 4.69. The van der Waals surface area contributed by atoms with E-state index < -0.39 is 10.0 Å². The number of nitrogens with one attached hydrogen (secondary N) is 2. The van der Waals surface area contributed by atoms with Crippen molar-refractivity contribution in [3.8, 4) is 5.75 Å². The van der Waals surface area contributed by atoms with Gasteiger partial charge in [0.25, 0.3) is 5.91 Å². The van der Waals surface area contributed by atoms with E-state index in [0.717, 1.165) is 50.8 Å². The molecule has 0 bridgehead atoms. The molecule has 36 heavy (non-hydrogen) atoms. The molecule has 2 aliphatic rings. The largest absolute Gasteiger partial charge is 0.484 e. The summed E-state index contributed by atoms with van der Waals surface area (Å²) in [5, 5.41) is 2.79. The van der Waals surface area contributed by atoms with Crippen LogP contribution in [0.25, 0.3) is 0 Å². The molecule has 3 aromatic rings. The third kappa shape index (κ3) is 5.55. The van der Waals surface area contributed by atoms with E-state index in [4.69, 9.17) is 4.74 Å². The van der Waals surface area contributed by atoms with Crippen LogP contribution in [0.3, 0.4) is 0 Å². The predicted molar refractivity (Wildman–Crippen MR) is 141 cm³/mol. The normalized spacial score (nSPS) is 17.4. The van der Waals surface area contributed by atoms with Crippen molar-refractivity contribution in [2.24, 2.45) is 0 Å². The fourth-order valence-corrected chi connectivity index (χ4v) is 6.52. The maximum absolute atomic E-state index is 13.8. The molecule has 0 saturated carbocycles. The number of hydrogen-bond donors (Lipinski definition) is 2. The SMILES string of the molecule is O=C(COc1ccccc1)Nc1ccc(N2CCCC2)c(S(=O)(=O)N[C@@H]2CCCc3ccccc32)c1. The third-order valence-corrected chi connectivity index (χ3v) is 8.26. The number of sulfonamides is 1. The summed E-state index contributed by atoms with van der Waals surface area (Å²) in [5.74, 6) is 0.238. The second kappa shape index (κ2) is 10.7. The lowest BCUT2D eigenvalue weighted by Crippen LogP contribution is -2.32. The first-order valence-corrected chi connectivity index (χ1v) is 13.9. The lowest BCUT2D eigenvalue weighted by molar-refractivity contribution is -0.118. The van der Waals surface area contributed by atoms with Crippen LogP contribution < -0.4 is 19.7 Å². The van der Waals surface area contributed by atoms with Crippen LogP contribution in [0.1, 0.15) is 42.9 Å². The number of nitrogens with zero attached hydrogens (tertiary/aromatic N) is 1. The molecular formula is C28H31N3O4S. The number of para-hydroxylation sites is 1. The van der Waals surface area contributed by atoms with Gasteiger partial charge in [0.15, 0.2) is 6.61 Å². The van der Waals surface area contributed by atoms with Crippen molar-refractivity contribution in [2.45, 2.75) is 43.0 Å². The molecular weight excluding hydrogens is 474 g/mol. The number of aryl methyl sites for hydroxylation is 1. The summed E-state index contributed by atoms with van der Waals surface area (Å²) >= 11 is 0. The molecule has 8 heteroatoms. The van der Waals surface area contributed by atoms with Crippen molar-refractivity contribution in [3.63, 3.8) is 0 Å². The summed E-state index contributed by atoms with van der Waals surface area (Å²) in [5.41, 5.74) is 3.32. The Morgan fingerprint density at radius 2 is 1.69 bits per heavy atom. The van der Waals surface area contributed by atoms with Crippen LogP contribution >= 0.6 is 0 Å². The molecule has 7 nitrogen and oxygen atoms in total. The van der Waals surface area contributed by atoms with Gasteiger partial charge in [0.2, 0.25) is 10.0 Å². The first kappa shape index (κ1) is 24.3. The van der Waals surface area contributed by atoms with E-state index in [1.807, 2.05) is 36.4 Å². The quantitative estimate of drug-likeness (QED) is 0.465. The molecule has 0 aromatic heterocycles. The van der Waals surface area contributed by atoms with E-state index in [1.165, 1.54) is 5.56 Å². The summed E-state index contributed by atoms with van der Waals surface area (Å²) in [4.78, 5) is 14.8. The number of carbonyl (C=O) groups is 1. The van der Waals surface area contributed by atoms with Crippen LogP contribution in [0, 0.1) is 0 Å². The van der Waals surface area contributed by atoms with E-state index >= 15 is 0 Å². The van der Waals surface area contributed by atoms with Gasteiger partial charge in [-0.15, -0.1) is 0 Å². The van der Waals surface area contributed by atoms with Crippen molar-refractivity contribution in [1.29, 1.82) is 0 Å². The highest BCUT2D eigenvalue weighted by molar-refractivity contribution is 7.89. The lowest BCUT2D eigenvalue weighted by atomic mass is 9.88. The Labute approximate surface area is 212 Å². The molecule has 0 radical (unpaired) electrons. The average molecular weight is 506 g/mol. The monoisotopic (exact) mass is 505 g/mol. The highest BCUT2D eigenvalue weighted by atomic mass is 32.2. The molecule has 3 aromatic carbocycles. The zero-order valence-electron chi connectivity index (χ0n) is 20.2. The molecule has 1 atom stereocenters. The van der Waals surface area contributed by atoms with Crippen LogP contribution in [0.5, 0.6) is 5.75 Å². The van der Waals surface area contributed by atoms with Crippen molar-refractivity contribution in [1.82, 2.24) is 4.72 Å². The maximum Gasteiger partial charge on any atom is 0.262 e. The Bertz CT molecular complexity index is 1320. The molecule has 1 aliphatic carbocycles. The highest BCUT2D eigenvalue weighted by Gasteiger charge is 2.29. The van der Waals surface area contributed by atoms with Gasteiger partial charge in [-0.25, -0.2) is 13.1 Å². The lowest BCUT2D eigenvalue weighted by Gasteiger charge is -2.28. The van der Waals surface area contributed by atoms with Gasteiger partial charge >= 0.3 is 0 Å². The van der Waals surface area contributed by atoms with Crippen molar-refractivity contribution >= 4 is 27.3 Å². The van der Waals surface area contributed by atoms with Gasteiger partial charge in [-0.05, 0) is 73.6 Å². The Balaban J connectivity index is 1.38. The standard InChI is InChI=1S/C28H31N3O4S/c32-28(20-35-23-11-2-1-3-12-23)29-22-15-16-26(31-17-6-7-18-31)27(19-22)36(33,34)30-25-14-8-10-21-9-4-5-13-24(21)25/h1-5,9,11-13,15-16,19,25,30H,6-8,10,14,17-18,20H2,(H,29,32)/t25-/m1/s1. The van der Waals surface area contributed by atoms with E-state index in [-0.39, 0.29) is 23.5 Å². The number of fused-ring (bicyclic) bond motifs is 1. The number of amides is 1.